The van der Waals surface area contributed by atoms with Crippen LogP contribution in [-0.2, 0) is 4.74 Å². The number of para-hydroxylation sites is 1. The summed E-state index contributed by atoms with van der Waals surface area (Å²) in [4.78, 5) is 0. The van der Waals surface area contributed by atoms with Crippen molar-refractivity contribution in [3.8, 4) is 5.75 Å². The second-order valence-electron chi connectivity index (χ2n) is 4.26. The van der Waals surface area contributed by atoms with Gasteiger partial charge in [0, 0.05) is 12.6 Å². The second kappa shape index (κ2) is 9.92. The predicted octanol–water partition coefficient (Wildman–Crippen LogP) is 2.86. The number of rotatable bonds is 10. The quantitative estimate of drug-likeness (QED) is 0.693. The topological polar surface area (TPSA) is 30.5 Å². The highest BCUT2D eigenvalue weighted by Gasteiger charge is 2.07. The Hall–Kier alpha value is -1.06. The molecule has 1 aromatic carbocycles. The first-order valence-corrected chi connectivity index (χ1v) is 6.85. The summed E-state index contributed by atoms with van der Waals surface area (Å²) in [5, 5.41) is 3.49. The summed E-state index contributed by atoms with van der Waals surface area (Å²) in [7, 11) is 0. The first-order chi connectivity index (χ1) is 8.86. The molecule has 0 spiro atoms. The van der Waals surface area contributed by atoms with Crippen LogP contribution < -0.4 is 10.1 Å². The van der Waals surface area contributed by atoms with E-state index in [0.717, 1.165) is 45.0 Å². The molecule has 0 saturated carbocycles. The molecule has 0 amide bonds. The maximum atomic E-state index is 5.70. The Bertz CT molecular complexity index is 282. The SMILES string of the molecule is CCCNC(CCOc1ccccc1)COCC. The van der Waals surface area contributed by atoms with E-state index in [1.165, 1.54) is 0 Å². The molecule has 1 rings (SSSR count). The fraction of sp³-hybridized carbons (Fsp3) is 0.600. The normalized spacial score (nSPS) is 12.3. The fourth-order valence-electron chi connectivity index (χ4n) is 1.69. The third kappa shape index (κ3) is 6.62. The van der Waals surface area contributed by atoms with Gasteiger partial charge in [-0.25, -0.2) is 0 Å². The molecule has 0 aliphatic rings. The van der Waals surface area contributed by atoms with Crippen LogP contribution in [0.25, 0.3) is 0 Å². The van der Waals surface area contributed by atoms with Gasteiger partial charge in [0.25, 0.3) is 0 Å². The van der Waals surface area contributed by atoms with Crippen molar-refractivity contribution in [2.24, 2.45) is 0 Å². The van der Waals surface area contributed by atoms with E-state index in [4.69, 9.17) is 9.47 Å². The fourth-order valence-corrected chi connectivity index (χ4v) is 1.69. The third-order valence-corrected chi connectivity index (χ3v) is 2.68. The van der Waals surface area contributed by atoms with Crippen molar-refractivity contribution >= 4 is 0 Å². The zero-order valence-electron chi connectivity index (χ0n) is 11.5. The largest absolute Gasteiger partial charge is 0.494 e. The first kappa shape index (κ1) is 15.0. The van der Waals surface area contributed by atoms with E-state index in [0.29, 0.717) is 6.04 Å². The number of ether oxygens (including phenoxy) is 2. The van der Waals surface area contributed by atoms with Crippen LogP contribution in [0.3, 0.4) is 0 Å². The lowest BCUT2D eigenvalue weighted by molar-refractivity contribution is 0.114. The summed E-state index contributed by atoms with van der Waals surface area (Å²) in [6.45, 7) is 7.47. The molecule has 0 fully saturated rings. The summed E-state index contributed by atoms with van der Waals surface area (Å²) in [6.07, 6.45) is 2.11. The molecule has 1 atom stereocenters. The van der Waals surface area contributed by atoms with Crippen LogP contribution in [0, 0.1) is 0 Å². The Morgan fingerprint density at radius 1 is 1.17 bits per heavy atom. The summed E-state index contributed by atoms with van der Waals surface area (Å²) in [5.41, 5.74) is 0. The lowest BCUT2D eigenvalue weighted by Gasteiger charge is -2.18. The van der Waals surface area contributed by atoms with E-state index < -0.39 is 0 Å². The molecule has 3 nitrogen and oxygen atoms in total. The van der Waals surface area contributed by atoms with Crippen molar-refractivity contribution in [1.29, 1.82) is 0 Å². The van der Waals surface area contributed by atoms with Crippen molar-refractivity contribution in [3.05, 3.63) is 30.3 Å². The minimum atomic E-state index is 0.383. The van der Waals surface area contributed by atoms with Gasteiger partial charge < -0.3 is 14.8 Å². The maximum Gasteiger partial charge on any atom is 0.119 e. The van der Waals surface area contributed by atoms with Crippen LogP contribution in [-0.4, -0.2) is 32.4 Å². The van der Waals surface area contributed by atoms with E-state index in [2.05, 4.69) is 12.2 Å². The van der Waals surface area contributed by atoms with E-state index in [1.54, 1.807) is 0 Å². The highest BCUT2D eigenvalue weighted by atomic mass is 16.5. The van der Waals surface area contributed by atoms with Gasteiger partial charge in [-0.05, 0) is 38.4 Å². The van der Waals surface area contributed by atoms with Gasteiger partial charge in [0.1, 0.15) is 5.75 Å². The Morgan fingerprint density at radius 2 is 1.94 bits per heavy atom. The van der Waals surface area contributed by atoms with Gasteiger partial charge in [0.05, 0.1) is 13.2 Å². The minimum Gasteiger partial charge on any atom is -0.494 e. The zero-order valence-corrected chi connectivity index (χ0v) is 11.5. The highest BCUT2D eigenvalue weighted by molar-refractivity contribution is 5.20. The summed E-state index contributed by atoms with van der Waals surface area (Å²) in [6, 6.07) is 10.3. The zero-order chi connectivity index (χ0) is 13.1. The van der Waals surface area contributed by atoms with E-state index in [1.807, 2.05) is 37.3 Å². The average Bonchev–Trinajstić information content (AvgIpc) is 2.42. The Balaban J connectivity index is 2.23. The molecule has 0 bridgehead atoms. The lowest BCUT2D eigenvalue weighted by Crippen LogP contribution is -2.35. The highest BCUT2D eigenvalue weighted by Crippen LogP contribution is 2.09. The molecule has 1 aromatic rings. The van der Waals surface area contributed by atoms with Crippen molar-refractivity contribution < 1.29 is 9.47 Å². The monoisotopic (exact) mass is 251 g/mol. The summed E-state index contributed by atoms with van der Waals surface area (Å²) in [5.74, 6) is 0.933. The van der Waals surface area contributed by atoms with Crippen LogP contribution in [0.1, 0.15) is 26.7 Å². The number of hydrogen-bond acceptors (Lipinski definition) is 3. The maximum absolute atomic E-state index is 5.70. The van der Waals surface area contributed by atoms with Gasteiger partial charge in [0.2, 0.25) is 0 Å². The Labute approximate surface area is 110 Å². The molecule has 0 radical (unpaired) electrons. The molecule has 0 heterocycles. The first-order valence-electron chi connectivity index (χ1n) is 6.85. The molecule has 3 heteroatoms. The Morgan fingerprint density at radius 3 is 2.61 bits per heavy atom. The summed E-state index contributed by atoms with van der Waals surface area (Å²) < 4.78 is 11.2. The van der Waals surface area contributed by atoms with Gasteiger partial charge in [-0.1, -0.05) is 25.1 Å². The molecule has 1 unspecified atom stereocenters. The lowest BCUT2D eigenvalue weighted by atomic mass is 10.2. The van der Waals surface area contributed by atoms with Gasteiger partial charge in [-0.15, -0.1) is 0 Å². The van der Waals surface area contributed by atoms with Crippen LogP contribution in [0.5, 0.6) is 5.75 Å². The predicted molar refractivity (Wildman–Crippen MR) is 75.1 cm³/mol. The van der Waals surface area contributed by atoms with Crippen LogP contribution in [0.15, 0.2) is 30.3 Å². The van der Waals surface area contributed by atoms with Crippen LogP contribution >= 0.6 is 0 Å². The van der Waals surface area contributed by atoms with Gasteiger partial charge in [0.15, 0.2) is 0 Å². The Kier molecular flexibility index (Phi) is 8.26. The van der Waals surface area contributed by atoms with Gasteiger partial charge in [-0.3, -0.25) is 0 Å². The molecule has 1 N–H and O–H groups in total. The molecule has 0 aromatic heterocycles. The molecule has 18 heavy (non-hydrogen) atoms. The van der Waals surface area contributed by atoms with Crippen molar-refractivity contribution in [2.75, 3.05) is 26.4 Å². The van der Waals surface area contributed by atoms with Crippen molar-refractivity contribution in [1.82, 2.24) is 5.32 Å². The van der Waals surface area contributed by atoms with Crippen molar-refractivity contribution in [2.45, 2.75) is 32.7 Å². The van der Waals surface area contributed by atoms with E-state index in [-0.39, 0.29) is 0 Å². The van der Waals surface area contributed by atoms with Gasteiger partial charge in [-0.2, -0.15) is 0 Å². The number of hydrogen-bond donors (Lipinski definition) is 1. The summed E-state index contributed by atoms with van der Waals surface area (Å²) >= 11 is 0. The van der Waals surface area contributed by atoms with Crippen LogP contribution in [0.4, 0.5) is 0 Å². The molecular formula is C15H25NO2. The molecular weight excluding hydrogens is 226 g/mol. The third-order valence-electron chi connectivity index (χ3n) is 2.68. The minimum absolute atomic E-state index is 0.383. The van der Waals surface area contributed by atoms with E-state index >= 15 is 0 Å². The van der Waals surface area contributed by atoms with Crippen molar-refractivity contribution in [3.63, 3.8) is 0 Å². The number of benzene rings is 1. The smallest absolute Gasteiger partial charge is 0.119 e. The standard InChI is InChI=1S/C15H25NO2/c1-3-11-16-14(13-17-4-2)10-12-18-15-8-6-5-7-9-15/h5-9,14,16H,3-4,10-13H2,1-2H3. The molecule has 0 saturated heterocycles. The molecule has 102 valence electrons. The van der Waals surface area contributed by atoms with Gasteiger partial charge >= 0.3 is 0 Å². The second-order valence-corrected chi connectivity index (χ2v) is 4.26. The van der Waals surface area contributed by atoms with Crippen LogP contribution in [0.2, 0.25) is 0 Å². The number of nitrogens with one attached hydrogen (secondary N) is 1. The van der Waals surface area contributed by atoms with E-state index in [9.17, 15) is 0 Å². The average molecular weight is 251 g/mol. The molecule has 0 aliphatic heterocycles. The molecule has 0 aliphatic carbocycles.